The number of hydrogen-bond acceptors (Lipinski definition) is 3. The van der Waals surface area contributed by atoms with E-state index in [0.29, 0.717) is 31.2 Å². The van der Waals surface area contributed by atoms with Crippen LogP contribution in [0.3, 0.4) is 0 Å². The Bertz CT molecular complexity index is 897. The molecular weight excluding hydrogens is 429 g/mol. The number of ether oxygens (including phenoxy) is 1. The fraction of sp³-hybridized carbons (Fsp3) is 0.435. The molecule has 4 rings (SSSR count). The molecule has 8 heteroatoms. The summed E-state index contributed by atoms with van der Waals surface area (Å²) in [6.45, 7) is 3.31. The van der Waals surface area contributed by atoms with Crippen molar-refractivity contribution in [1.82, 2.24) is 10.2 Å². The van der Waals surface area contributed by atoms with Gasteiger partial charge in [-0.2, -0.15) is 13.2 Å². The Morgan fingerprint density at radius 3 is 2.35 bits per heavy atom. The molecule has 2 aliphatic rings. The van der Waals surface area contributed by atoms with Gasteiger partial charge in [-0.1, -0.05) is 35.9 Å². The molecule has 1 saturated carbocycles. The summed E-state index contributed by atoms with van der Waals surface area (Å²) in [7, 11) is 0. The highest BCUT2D eigenvalue weighted by molar-refractivity contribution is 6.30. The number of hydrogen-bond donors (Lipinski definition) is 1. The second-order valence-corrected chi connectivity index (χ2v) is 8.47. The molecule has 4 nitrogen and oxygen atoms in total. The average molecular weight is 453 g/mol. The molecule has 3 atom stereocenters. The molecule has 1 N–H and O–H groups in total. The first-order valence-corrected chi connectivity index (χ1v) is 10.7. The van der Waals surface area contributed by atoms with Crippen molar-refractivity contribution in [3.8, 4) is 0 Å². The maximum atomic E-state index is 12.7. The lowest BCUT2D eigenvalue weighted by atomic mass is 10.0. The van der Waals surface area contributed by atoms with Crippen molar-refractivity contribution >= 4 is 17.5 Å². The highest BCUT2D eigenvalue weighted by Crippen LogP contribution is 2.48. The van der Waals surface area contributed by atoms with Gasteiger partial charge >= 0.3 is 6.18 Å². The molecule has 0 bridgehead atoms. The van der Waals surface area contributed by atoms with E-state index < -0.39 is 11.7 Å². The zero-order chi connectivity index (χ0) is 22.0. The van der Waals surface area contributed by atoms with Gasteiger partial charge in [0.25, 0.3) is 0 Å². The van der Waals surface area contributed by atoms with Gasteiger partial charge < -0.3 is 10.1 Å². The second-order valence-electron chi connectivity index (χ2n) is 8.03. The number of nitrogens with one attached hydrogen (secondary N) is 1. The summed E-state index contributed by atoms with van der Waals surface area (Å²) < 4.78 is 43.7. The molecule has 2 fully saturated rings. The highest BCUT2D eigenvalue weighted by Gasteiger charge is 2.44. The van der Waals surface area contributed by atoms with Gasteiger partial charge in [-0.15, -0.1) is 0 Å². The molecule has 1 amide bonds. The van der Waals surface area contributed by atoms with Gasteiger partial charge in [0.1, 0.15) is 0 Å². The standard InChI is InChI=1S/C23H24ClF3N2O2/c24-18-7-3-16(4-8-18)21(29-9-11-31-12-10-29)14-28-22(30)20-13-19(20)15-1-5-17(6-2-15)23(25,26)27/h1-8,19-21H,9-14H2,(H,28,30). The van der Waals surface area contributed by atoms with Gasteiger partial charge in [0.05, 0.1) is 24.8 Å². The van der Waals surface area contributed by atoms with Crippen molar-refractivity contribution in [2.45, 2.75) is 24.6 Å². The van der Waals surface area contributed by atoms with E-state index >= 15 is 0 Å². The van der Waals surface area contributed by atoms with Gasteiger partial charge in [-0.25, -0.2) is 0 Å². The first kappa shape index (κ1) is 22.1. The number of morpholine rings is 1. The van der Waals surface area contributed by atoms with E-state index in [4.69, 9.17) is 16.3 Å². The van der Waals surface area contributed by atoms with Gasteiger partial charge in [-0.3, -0.25) is 9.69 Å². The molecule has 3 unspecified atom stereocenters. The van der Waals surface area contributed by atoms with Crippen LogP contribution in [0.2, 0.25) is 5.02 Å². The van der Waals surface area contributed by atoms with Crippen LogP contribution in [-0.2, 0) is 15.7 Å². The Labute approximate surface area is 184 Å². The fourth-order valence-corrected chi connectivity index (χ4v) is 4.26. The van der Waals surface area contributed by atoms with E-state index in [1.54, 1.807) is 0 Å². The minimum absolute atomic E-state index is 0.00776. The molecule has 0 spiro atoms. The summed E-state index contributed by atoms with van der Waals surface area (Å²) in [4.78, 5) is 15.0. The SMILES string of the molecule is O=C(NCC(c1ccc(Cl)cc1)N1CCOCC1)C1CC1c1ccc(C(F)(F)F)cc1. The normalized spacial score (nSPS) is 22.7. The third kappa shape index (κ3) is 5.40. The molecule has 166 valence electrons. The topological polar surface area (TPSA) is 41.6 Å². The van der Waals surface area contributed by atoms with Crippen molar-refractivity contribution in [2.75, 3.05) is 32.8 Å². The van der Waals surface area contributed by atoms with Crippen molar-refractivity contribution in [2.24, 2.45) is 5.92 Å². The minimum Gasteiger partial charge on any atom is -0.379 e. The van der Waals surface area contributed by atoms with Crippen LogP contribution in [-0.4, -0.2) is 43.7 Å². The lowest BCUT2D eigenvalue weighted by Crippen LogP contribution is -2.44. The predicted octanol–water partition coefficient (Wildman–Crippen LogP) is 4.65. The molecule has 0 aromatic heterocycles. The Hall–Kier alpha value is -2.09. The molecule has 0 radical (unpaired) electrons. The summed E-state index contributed by atoms with van der Waals surface area (Å²) >= 11 is 6.02. The van der Waals surface area contributed by atoms with Gasteiger partial charge in [0, 0.05) is 30.6 Å². The maximum Gasteiger partial charge on any atom is 0.416 e. The summed E-state index contributed by atoms with van der Waals surface area (Å²) in [6, 6.07) is 12.7. The Morgan fingerprint density at radius 1 is 1.10 bits per heavy atom. The maximum absolute atomic E-state index is 12.7. The van der Waals surface area contributed by atoms with Gasteiger partial charge in [0.2, 0.25) is 5.91 Å². The van der Waals surface area contributed by atoms with E-state index in [1.165, 1.54) is 12.1 Å². The third-order valence-electron chi connectivity index (χ3n) is 6.00. The lowest BCUT2D eigenvalue weighted by molar-refractivity contribution is -0.137. The number of amides is 1. The van der Waals surface area contributed by atoms with Crippen molar-refractivity contribution in [1.29, 1.82) is 0 Å². The van der Waals surface area contributed by atoms with Crippen LogP contribution in [0.15, 0.2) is 48.5 Å². The average Bonchev–Trinajstić information content (AvgIpc) is 3.56. The number of halogens is 4. The third-order valence-corrected chi connectivity index (χ3v) is 6.26. The molecule has 31 heavy (non-hydrogen) atoms. The summed E-state index contributed by atoms with van der Waals surface area (Å²) in [6.07, 6.45) is -3.70. The molecule has 2 aromatic rings. The number of nitrogens with zero attached hydrogens (tertiary/aromatic N) is 1. The molecule has 1 aliphatic carbocycles. The van der Waals surface area contributed by atoms with E-state index in [2.05, 4.69) is 10.2 Å². The van der Waals surface area contributed by atoms with Crippen LogP contribution in [0.4, 0.5) is 13.2 Å². The molecule has 1 heterocycles. The molecule has 1 saturated heterocycles. The Morgan fingerprint density at radius 2 is 1.74 bits per heavy atom. The minimum atomic E-state index is -4.35. The van der Waals surface area contributed by atoms with E-state index in [0.717, 1.165) is 36.3 Å². The fourth-order valence-electron chi connectivity index (χ4n) is 4.13. The van der Waals surface area contributed by atoms with Gasteiger partial charge in [-0.05, 0) is 47.7 Å². The number of rotatable bonds is 6. The predicted molar refractivity (Wildman–Crippen MR) is 112 cm³/mol. The summed E-state index contributed by atoms with van der Waals surface area (Å²) in [5.41, 5.74) is 1.17. The number of alkyl halides is 3. The van der Waals surface area contributed by atoms with Crippen molar-refractivity contribution in [3.63, 3.8) is 0 Å². The lowest BCUT2D eigenvalue weighted by Gasteiger charge is -2.35. The zero-order valence-electron chi connectivity index (χ0n) is 16.9. The van der Waals surface area contributed by atoms with Crippen LogP contribution >= 0.6 is 11.6 Å². The molecule has 2 aromatic carbocycles. The monoisotopic (exact) mass is 452 g/mol. The quantitative estimate of drug-likeness (QED) is 0.693. The molecule has 1 aliphatic heterocycles. The molecular formula is C23H24ClF3N2O2. The van der Waals surface area contributed by atoms with Crippen LogP contribution < -0.4 is 5.32 Å². The van der Waals surface area contributed by atoms with Crippen LogP contribution in [0, 0.1) is 5.92 Å². The van der Waals surface area contributed by atoms with Crippen molar-refractivity contribution < 1.29 is 22.7 Å². The van der Waals surface area contributed by atoms with Crippen LogP contribution in [0.5, 0.6) is 0 Å². The van der Waals surface area contributed by atoms with Crippen molar-refractivity contribution in [3.05, 3.63) is 70.2 Å². The second kappa shape index (κ2) is 9.18. The number of benzene rings is 2. The highest BCUT2D eigenvalue weighted by atomic mass is 35.5. The number of carbonyl (C=O) groups excluding carboxylic acids is 1. The van der Waals surface area contributed by atoms with Gasteiger partial charge in [0.15, 0.2) is 0 Å². The van der Waals surface area contributed by atoms with E-state index in [9.17, 15) is 18.0 Å². The number of carbonyl (C=O) groups is 1. The van der Waals surface area contributed by atoms with E-state index in [-0.39, 0.29) is 23.8 Å². The Kier molecular flexibility index (Phi) is 6.55. The first-order chi connectivity index (χ1) is 14.8. The Balaban J connectivity index is 1.37. The van der Waals surface area contributed by atoms with Crippen LogP contribution in [0.25, 0.3) is 0 Å². The van der Waals surface area contributed by atoms with E-state index in [1.807, 2.05) is 24.3 Å². The zero-order valence-corrected chi connectivity index (χ0v) is 17.6. The smallest absolute Gasteiger partial charge is 0.379 e. The summed E-state index contributed by atoms with van der Waals surface area (Å²) in [5, 5.41) is 3.71. The van der Waals surface area contributed by atoms with Crippen LogP contribution in [0.1, 0.15) is 35.1 Å². The summed E-state index contributed by atoms with van der Waals surface area (Å²) in [5.74, 6) is -0.288. The first-order valence-electron chi connectivity index (χ1n) is 10.3. The largest absolute Gasteiger partial charge is 0.416 e.